The number of benzene rings is 1. The highest BCUT2D eigenvalue weighted by atomic mass is 32.2. The van der Waals surface area contributed by atoms with Gasteiger partial charge in [-0.3, -0.25) is 9.69 Å². The summed E-state index contributed by atoms with van der Waals surface area (Å²) in [6, 6.07) is 4.96. The molecule has 1 aliphatic heterocycles. The standard InChI is InChI=1S/C20H34N4O4S/c1-6-23(7-2)16(3)15-21-20(25)18-14-17(29(26,27)22(4)5)8-9-19(18)24-10-12-28-13-11-24/h8-9,14,16H,6-7,10-13,15H2,1-5H3,(H,21,25). The third-order valence-corrected chi connectivity index (χ3v) is 7.15. The predicted molar refractivity (Wildman–Crippen MR) is 115 cm³/mol. The van der Waals surface area contributed by atoms with Crippen molar-refractivity contribution in [2.75, 3.05) is 64.9 Å². The van der Waals surface area contributed by atoms with Crippen LogP contribution in [0.1, 0.15) is 31.1 Å². The number of nitrogens with one attached hydrogen (secondary N) is 1. The Kier molecular flexibility index (Phi) is 8.45. The first-order valence-corrected chi connectivity index (χ1v) is 11.6. The van der Waals surface area contributed by atoms with E-state index >= 15 is 0 Å². The number of carbonyl (C=O) groups is 1. The Morgan fingerprint density at radius 3 is 2.38 bits per heavy atom. The van der Waals surface area contributed by atoms with Crippen molar-refractivity contribution in [3.63, 3.8) is 0 Å². The van der Waals surface area contributed by atoms with E-state index in [0.717, 1.165) is 23.1 Å². The first-order valence-electron chi connectivity index (χ1n) is 10.1. The van der Waals surface area contributed by atoms with Crippen LogP contribution in [0.25, 0.3) is 0 Å². The Labute approximate surface area is 174 Å². The maximum absolute atomic E-state index is 13.1. The van der Waals surface area contributed by atoms with Crippen LogP contribution in [0.5, 0.6) is 0 Å². The summed E-state index contributed by atoms with van der Waals surface area (Å²) in [5.41, 5.74) is 1.11. The molecule has 9 heteroatoms. The van der Waals surface area contributed by atoms with Gasteiger partial charge in [0, 0.05) is 45.5 Å². The lowest BCUT2D eigenvalue weighted by Crippen LogP contribution is -2.43. The zero-order chi connectivity index (χ0) is 21.6. The zero-order valence-electron chi connectivity index (χ0n) is 18.1. The molecule has 29 heavy (non-hydrogen) atoms. The Morgan fingerprint density at radius 2 is 1.83 bits per heavy atom. The summed E-state index contributed by atoms with van der Waals surface area (Å²) < 4.78 is 31.7. The van der Waals surface area contributed by atoms with E-state index in [4.69, 9.17) is 4.74 Å². The minimum absolute atomic E-state index is 0.112. The van der Waals surface area contributed by atoms with Crippen molar-refractivity contribution in [1.29, 1.82) is 0 Å². The van der Waals surface area contributed by atoms with Gasteiger partial charge in [0.15, 0.2) is 0 Å². The van der Waals surface area contributed by atoms with Crippen molar-refractivity contribution in [1.82, 2.24) is 14.5 Å². The number of amides is 1. The van der Waals surface area contributed by atoms with E-state index in [9.17, 15) is 13.2 Å². The van der Waals surface area contributed by atoms with Gasteiger partial charge in [0.25, 0.3) is 5.91 Å². The van der Waals surface area contributed by atoms with Gasteiger partial charge in [0.2, 0.25) is 10.0 Å². The SMILES string of the molecule is CCN(CC)C(C)CNC(=O)c1cc(S(=O)(=O)N(C)C)ccc1N1CCOCC1. The molecule has 2 rings (SSSR count). The molecule has 0 bridgehead atoms. The van der Waals surface area contributed by atoms with E-state index < -0.39 is 10.0 Å². The Hall–Kier alpha value is -1.68. The van der Waals surface area contributed by atoms with Crippen molar-refractivity contribution in [2.24, 2.45) is 0 Å². The largest absolute Gasteiger partial charge is 0.378 e. The average molecular weight is 427 g/mol. The van der Waals surface area contributed by atoms with Crippen molar-refractivity contribution < 1.29 is 17.9 Å². The first-order chi connectivity index (χ1) is 13.7. The molecular weight excluding hydrogens is 392 g/mol. The summed E-state index contributed by atoms with van der Waals surface area (Å²) in [5.74, 6) is -0.263. The maximum atomic E-state index is 13.1. The third-order valence-electron chi connectivity index (χ3n) is 5.34. The van der Waals surface area contributed by atoms with E-state index in [0.29, 0.717) is 38.4 Å². The molecule has 0 radical (unpaired) electrons. The highest BCUT2D eigenvalue weighted by Gasteiger charge is 2.24. The second-order valence-electron chi connectivity index (χ2n) is 7.35. The Morgan fingerprint density at radius 1 is 1.21 bits per heavy atom. The number of ether oxygens (including phenoxy) is 1. The molecule has 164 valence electrons. The molecule has 1 aromatic carbocycles. The average Bonchev–Trinajstić information content (AvgIpc) is 2.72. The fraction of sp³-hybridized carbons (Fsp3) is 0.650. The number of hydrogen-bond donors (Lipinski definition) is 1. The van der Waals surface area contributed by atoms with E-state index in [-0.39, 0.29) is 16.8 Å². The molecule has 1 aromatic rings. The molecule has 1 saturated heterocycles. The smallest absolute Gasteiger partial charge is 0.253 e. The fourth-order valence-electron chi connectivity index (χ4n) is 3.46. The molecule has 1 amide bonds. The number of hydrogen-bond acceptors (Lipinski definition) is 6. The number of anilines is 1. The van der Waals surface area contributed by atoms with Gasteiger partial charge < -0.3 is 15.0 Å². The third kappa shape index (κ3) is 5.69. The van der Waals surface area contributed by atoms with Crippen LogP contribution in [-0.4, -0.2) is 89.6 Å². The highest BCUT2D eigenvalue weighted by molar-refractivity contribution is 7.89. The van der Waals surface area contributed by atoms with Crippen LogP contribution in [0.4, 0.5) is 5.69 Å². The molecule has 1 atom stereocenters. The number of likely N-dealkylation sites (N-methyl/N-ethyl adjacent to an activating group) is 1. The summed E-state index contributed by atoms with van der Waals surface area (Å²) in [6.07, 6.45) is 0. The monoisotopic (exact) mass is 426 g/mol. The minimum atomic E-state index is -3.63. The second-order valence-corrected chi connectivity index (χ2v) is 9.50. The number of nitrogens with zero attached hydrogens (tertiary/aromatic N) is 3. The van der Waals surface area contributed by atoms with Crippen molar-refractivity contribution in [3.05, 3.63) is 23.8 Å². The molecule has 1 heterocycles. The van der Waals surface area contributed by atoms with Gasteiger partial charge in [0.05, 0.1) is 23.7 Å². The van der Waals surface area contributed by atoms with Crippen LogP contribution in [0.2, 0.25) is 0 Å². The van der Waals surface area contributed by atoms with E-state index in [1.807, 2.05) is 0 Å². The molecule has 0 aromatic heterocycles. The summed E-state index contributed by atoms with van der Waals surface area (Å²) in [7, 11) is -0.665. The molecule has 1 unspecified atom stereocenters. The molecule has 8 nitrogen and oxygen atoms in total. The van der Waals surface area contributed by atoms with Crippen LogP contribution in [-0.2, 0) is 14.8 Å². The van der Waals surface area contributed by atoms with E-state index in [1.165, 1.54) is 20.2 Å². The van der Waals surface area contributed by atoms with Gasteiger partial charge >= 0.3 is 0 Å². The summed E-state index contributed by atoms with van der Waals surface area (Å²) in [5, 5.41) is 2.99. The fourth-order valence-corrected chi connectivity index (χ4v) is 4.39. The van der Waals surface area contributed by atoms with Crippen molar-refractivity contribution in [2.45, 2.75) is 31.7 Å². The first kappa shape index (κ1) is 23.6. The molecule has 1 N–H and O–H groups in total. The summed E-state index contributed by atoms with van der Waals surface area (Å²) in [6.45, 7) is 11.0. The van der Waals surface area contributed by atoms with Gasteiger partial charge in [-0.05, 0) is 38.2 Å². The topological polar surface area (TPSA) is 82.2 Å². The van der Waals surface area contributed by atoms with Crippen LogP contribution in [0.15, 0.2) is 23.1 Å². The van der Waals surface area contributed by atoms with E-state index in [2.05, 4.69) is 35.9 Å². The maximum Gasteiger partial charge on any atom is 0.253 e. The van der Waals surface area contributed by atoms with Crippen LogP contribution < -0.4 is 10.2 Å². The number of morpholine rings is 1. The molecule has 0 aliphatic carbocycles. The molecule has 0 saturated carbocycles. The molecule has 1 fully saturated rings. The lowest BCUT2D eigenvalue weighted by molar-refractivity contribution is 0.0936. The predicted octanol–water partition coefficient (Wildman–Crippen LogP) is 1.23. The zero-order valence-corrected chi connectivity index (χ0v) is 19.0. The van der Waals surface area contributed by atoms with Gasteiger partial charge in [0.1, 0.15) is 0 Å². The lowest BCUT2D eigenvalue weighted by atomic mass is 10.1. The van der Waals surface area contributed by atoms with Crippen LogP contribution in [0.3, 0.4) is 0 Å². The normalized spacial score (nSPS) is 16.3. The number of rotatable bonds is 9. The molecule has 0 spiro atoms. The molecule has 1 aliphatic rings. The van der Waals surface area contributed by atoms with Gasteiger partial charge in [-0.15, -0.1) is 0 Å². The van der Waals surface area contributed by atoms with Gasteiger partial charge in [-0.2, -0.15) is 0 Å². The number of sulfonamides is 1. The number of carbonyl (C=O) groups excluding carboxylic acids is 1. The Balaban J connectivity index is 2.33. The van der Waals surface area contributed by atoms with Crippen molar-refractivity contribution in [3.8, 4) is 0 Å². The lowest BCUT2D eigenvalue weighted by Gasteiger charge is -2.31. The summed E-state index contributed by atoms with van der Waals surface area (Å²) >= 11 is 0. The van der Waals surface area contributed by atoms with Crippen LogP contribution in [0, 0.1) is 0 Å². The second kappa shape index (κ2) is 10.4. The Bertz CT molecular complexity index is 788. The highest BCUT2D eigenvalue weighted by Crippen LogP contribution is 2.26. The van der Waals surface area contributed by atoms with Gasteiger partial charge in [-0.1, -0.05) is 13.8 Å². The quantitative estimate of drug-likeness (QED) is 0.640. The van der Waals surface area contributed by atoms with Crippen molar-refractivity contribution >= 4 is 21.6 Å². The molecular formula is C20H34N4O4S. The van der Waals surface area contributed by atoms with Crippen LogP contribution >= 0.6 is 0 Å². The summed E-state index contributed by atoms with van der Waals surface area (Å²) in [4.78, 5) is 17.5. The van der Waals surface area contributed by atoms with E-state index in [1.54, 1.807) is 12.1 Å². The minimum Gasteiger partial charge on any atom is -0.378 e. The van der Waals surface area contributed by atoms with Gasteiger partial charge in [-0.25, -0.2) is 12.7 Å².